The first-order valence-electron chi connectivity index (χ1n) is 6.20. The van der Waals surface area contributed by atoms with E-state index < -0.39 is 22.7 Å². The van der Waals surface area contributed by atoms with Gasteiger partial charge in [-0.25, -0.2) is 0 Å². The molecule has 0 unspecified atom stereocenters. The van der Waals surface area contributed by atoms with Gasteiger partial charge in [-0.1, -0.05) is 23.7 Å². The fourth-order valence-electron chi connectivity index (χ4n) is 2.68. The molecule has 0 heterocycles. The van der Waals surface area contributed by atoms with Gasteiger partial charge in [-0.05, 0) is 24.6 Å². The van der Waals surface area contributed by atoms with Gasteiger partial charge in [-0.3, -0.25) is 4.79 Å². The van der Waals surface area contributed by atoms with Crippen LogP contribution in [0.5, 0.6) is 0 Å². The average molecular weight is 300 g/mol. The molecule has 104 valence electrons. The summed E-state index contributed by atoms with van der Waals surface area (Å²) in [5, 5.41) is 28.7. The molecule has 1 aromatic rings. The van der Waals surface area contributed by atoms with E-state index in [0.717, 1.165) is 0 Å². The van der Waals surface area contributed by atoms with Crippen LogP contribution in [0, 0.1) is 44.8 Å². The minimum absolute atomic E-state index is 0.0720. The molecule has 0 spiro atoms. The minimum Gasteiger partial charge on any atom is -0.465 e. The highest BCUT2D eigenvalue weighted by atomic mass is 35.5. The van der Waals surface area contributed by atoms with Crippen LogP contribution < -0.4 is 0 Å². The molecule has 0 saturated heterocycles. The summed E-state index contributed by atoms with van der Waals surface area (Å²) in [6.07, 6.45) is 0. The smallest absolute Gasteiger partial charge is 0.330 e. The van der Waals surface area contributed by atoms with Crippen LogP contribution in [0.15, 0.2) is 24.3 Å². The number of ether oxygens (including phenoxy) is 1. The van der Waals surface area contributed by atoms with Gasteiger partial charge in [0.1, 0.15) is 0 Å². The number of benzene rings is 1. The van der Waals surface area contributed by atoms with Crippen molar-refractivity contribution in [2.75, 3.05) is 6.61 Å². The zero-order valence-electron chi connectivity index (χ0n) is 11.1. The van der Waals surface area contributed by atoms with Crippen molar-refractivity contribution in [3.63, 3.8) is 0 Å². The molecule has 2 atom stereocenters. The fraction of sp³-hybridized carbons (Fsp3) is 0.333. The van der Waals surface area contributed by atoms with E-state index >= 15 is 0 Å². The minimum atomic E-state index is -1.79. The van der Waals surface area contributed by atoms with E-state index in [9.17, 15) is 20.6 Å². The Labute approximate surface area is 126 Å². The first kappa shape index (κ1) is 14.9. The summed E-state index contributed by atoms with van der Waals surface area (Å²) in [5.41, 5.74) is -2.99. The second-order valence-electron chi connectivity index (χ2n) is 4.66. The van der Waals surface area contributed by atoms with Gasteiger partial charge >= 0.3 is 5.97 Å². The summed E-state index contributed by atoms with van der Waals surface area (Å²) >= 11 is 5.81. The second-order valence-corrected chi connectivity index (χ2v) is 5.09. The lowest BCUT2D eigenvalue weighted by molar-refractivity contribution is -0.148. The Kier molecular flexibility index (Phi) is 3.60. The lowest BCUT2D eigenvalue weighted by Crippen LogP contribution is -2.24. The summed E-state index contributed by atoms with van der Waals surface area (Å²) < 4.78 is 4.90. The maximum absolute atomic E-state index is 12.2. The summed E-state index contributed by atoms with van der Waals surface area (Å²) in [4.78, 5) is 12.2. The molecule has 1 fully saturated rings. The maximum atomic E-state index is 12.2. The largest absolute Gasteiger partial charge is 0.465 e. The zero-order valence-corrected chi connectivity index (χ0v) is 11.9. The molecule has 0 aliphatic heterocycles. The third kappa shape index (κ3) is 1.77. The van der Waals surface area contributed by atoms with E-state index in [1.807, 2.05) is 18.2 Å². The first-order valence-corrected chi connectivity index (χ1v) is 6.58. The van der Waals surface area contributed by atoms with E-state index in [4.69, 9.17) is 16.3 Å². The number of carbonyl (C=O) groups excluding carboxylic acids is 1. The number of nitrogens with zero attached hydrogens (tertiary/aromatic N) is 3. The molecule has 1 aliphatic rings. The van der Waals surface area contributed by atoms with Crippen LogP contribution in [0.1, 0.15) is 18.4 Å². The Hall–Kier alpha value is -2.55. The monoisotopic (exact) mass is 299 g/mol. The number of halogens is 1. The van der Waals surface area contributed by atoms with E-state index in [1.54, 1.807) is 31.2 Å². The second kappa shape index (κ2) is 5.09. The van der Waals surface area contributed by atoms with Crippen molar-refractivity contribution < 1.29 is 9.53 Å². The van der Waals surface area contributed by atoms with E-state index in [-0.39, 0.29) is 6.61 Å². The standard InChI is InChI=1S/C15H10ClN3O2/c1-2-21-13(20)15(9-19)12(14(15,7-17)8-18)10-3-5-11(16)6-4-10/h3-6,12H,2H2,1H3/t12-,15-/m1/s1. The number of hydrogen-bond donors (Lipinski definition) is 0. The Morgan fingerprint density at radius 1 is 1.24 bits per heavy atom. The van der Waals surface area contributed by atoms with Crippen LogP contribution in [-0.4, -0.2) is 12.6 Å². The number of rotatable bonds is 3. The quantitative estimate of drug-likeness (QED) is 0.799. The summed E-state index contributed by atoms with van der Waals surface area (Å²) in [5.74, 6) is -1.68. The van der Waals surface area contributed by atoms with Crippen molar-refractivity contribution in [1.82, 2.24) is 0 Å². The highest BCUT2D eigenvalue weighted by Crippen LogP contribution is 2.74. The molecule has 21 heavy (non-hydrogen) atoms. The van der Waals surface area contributed by atoms with Crippen molar-refractivity contribution in [2.24, 2.45) is 10.8 Å². The molecule has 0 amide bonds. The van der Waals surface area contributed by atoms with Crippen LogP contribution in [-0.2, 0) is 9.53 Å². The van der Waals surface area contributed by atoms with Crippen LogP contribution in [0.4, 0.5) is 0 Å². The van der Waals surface area contributed by atoms with Gasteiger partial charge in [-0.2, -0.15) is 15.8 Å². The molecule has 1 aromatic carbocycles. The van der Waals surface area contributed by atoms with Crippen molar-refractivity contribution in [1.29, 1.82) is 15.8 Å². The highest BCUT2D eigenvalue weighted by molar-refractivity contribution is 6.30. The topological polar surface area (TPSA) is 97.7 Å². The zero-order chi connectivity index (χ0) is 15.7. The highest BCUT2D eigenvalue weighted by Gasteiger charge is 2.85. The SMILES string of the molecule is CCOC(=O)[C@@]1(C#N)[C@H](c2ccc(Cl)cc2)C1(C#N)C#N. The maximum Gasteiger partial charge on any atom is 0.330 e. The van der Waals surface area contributed by atoms with Gasteiger partial charge in [0, 0.05) is 5.02 Å². The molecule has 0 aromatic heterocycles. The van der Waals surface area contributed by atoms with Gasteiger partial charge in [-0.15, -0.1) is 0 Å². The van der Waals surface area contributed by atoms with Crippen LogP contribution in [0.25, 0.3) is 0 Å². The molecule has 1 saturated carbocycles. The molecule has 5 nitrogen and oxygen atoms in total. The number of carbonyl (C=O) groups is 1. The van der Waals surface area contributed by atoms with E-state index in [2.05, 4.69) is 0 Å². The molecular formula is C15H10ClN3O2. The third-order valence-electron chi connectivity index (χ3n) is 3.73. The Morgan fingerprint density at radius 3 is 2.24 bits per heavy atom. The van der Waals surface area contributed by atoms with Crippen molar-refractivity contribution in [2.45, 2.75) is 12.8 Å². The van der Waals surface area contributed by atoms with Gasteiger partial charge in [0.15, 0.2) is 10.8 Å². The molecule has 0 radical (unpaired) electrons. The van der Waals surface area contributed by atoms with Crippen molar-refractivity contribution >= 4 is 17.6 Å². The molecule has 0 N–H and O–H groups in total. The Bertz CT molecular complexity index is 694. The van der Waals surface area contributed by atoms with Gasteiger partial charge in [0.05, 0.1) is 30.7 Å². The van der Waals surface area contributed by atoms with Gasteiger partial charge in [0.25, 0.3) is 0 Å². The molecule has 0 bridgehead atoms. The Morgan fingerprint density at radius 2 is 1.81 bits per heavy atom. The predicted molar refractivity (Wildman–Crippen MR) is 72.5 cm³/mol. The third-order valence-corrected chi connectivity index (χ3v) is 3.99. The molecule has 2 rings (SSSR count). The molecule has 6 heteroatoms. The van der Waals surface area contributed by atoms with Crippen LogP contribution in [0.2, 0.25) is 5.02 Å². The lowest BCUT2D eigenvalue weighted by Gasteiger charge is -2.07. The predicted octanol–water partition coefficient (Wildman–Crippen LogP) is 2.54. The van der Waals surface area contributed by atoms with E-state index in [1.165, 1.54) is 0 Å². The summed E-state index contributed by atoms with van der Waals surface area (Å²) in [7, 11) is 0. The molecule has 1 aliphatic carbocycles. The van der Waals surface area contributed by atoms with Crippen LogP contribution >= 0.6 is 11.6 Å². The summed E-state index contributed by atoms with van der Waals surface area (Å²) in [6, 6.07) is 11.9. The lowest BCUT2D eigenvalue weighted by atomic mass is 9.97. The van der Waals surface area contributed by atoms with Crippen molar-refractivity contribution in [3.8, 4) is 18.2 Å². The van der Waals surface area contributed by atoms with E-state index in [0.29, 0.717) is 10.6 Å². The number of esters is 1. The first-order chi connectivity index (χ1) is 10.0. The number of hydrogen-bond acceptors (Lipinski definition) is 5. The van der Waals surface area contributed by atoms with Crippen LogP contribution in [0.3, 0.4) is 0 Å². The molecular weight excluding hydrogens is 290 g/mol. The summed E-state index contributed by atoms with van der Waals surface area (Å²) in [6.45, 7) is 1.67. The fourth-order valence-corrected chi connectivity index (χ4v) is 2.81. The van der Waals surface area contributed by atoms with Crippen molar-refractivity contribution in [3.05, 3.63) is 34.9 Å². The average Bonchev–Trinajstić information content (AvgIpc) is 3.12. The van der Waals surface area contributed by atoms with Gasteiger partial charge < -0.3 is 4.74 Å². The Balaban J connectivity index is 2.57. The number of nitriles is 3. The normalized spacial score (nSPS) is 25.0. The van der Waals surface area contributed by atoms with Gasteiger partial charge in [0.2, 0.25) is 0 Å².